The van der Waals surface area contributed by atoms with Gasteiger partial charge in [0.25, 0.3) is 21.8 Å². The minimum absolute atomic E-state index is 0.0466. The van der Waals surface area contributed by atoms with Crippen LogP contribution in [-0.2, 0) is 24.8 Å². The van der Waals surface area contributed by atoms with Crippen molar-refractivity contribution in [3.63, 3.8) is 0 Å². The Morgan fingerprint density at radius 2 is 1.57 bits per heavy atom. The Morgan fingerprint density at radius 3 is 2.16 bits per heavy atom. The molecule has 0 saturated carbocycles. The van der Waals surface area contributed by atoms with Crippen LogP contribution in [0.25, 0.3) is 11.1 Å². The minimum Gasteiger partial charge on any atom is -0.289 e. The molecule has 0 aromatic heterocycles. The van der Waals surface area contributed by atoms with Crippen LogP contribution >= 0.6 is 11.6 Å². The molecule has 2 amide bonds. The predicted octanol–water partition coefficient (Wildman–Crippen LogP) is 2.78. The van der Waals surface area contributed by atoms with E-state index >= 15 is 0 Å². The van der Waals surface area contributed by atoms with E-state index in [2.05, 4.69) is 4.72 Å². The fourth-order valence-corrected chi connectivity index (χ4v) is 6.90. The fourth-order valence-electron chi connectivity index (χ4n) is 3.94. The summed E-state index contributed by atoms with van der Waals surface area (Å²) in [6, 6.07) is 17.3. The Morgan fingerprint density at radius 1 is 0.973 bits per heavy atom. The van der Waals surface area contributed by atoms with Gasteiger partial charge in [0, 0.05) is 11.6 Å². The van der Waals surface area contributed by atoms with Crippen molar-refractivity contribution in [1.29, 1.82) is 0 Å². The Balaban J connectivity index is 1.45. The van der Waals surface area contributed by atoms with E-state index in [1.54, 1.807) is 42.5 Å². The van der Waals surface area contributed by atoms with E-state index in [0.29, 0.717) is 9.33 Å². The number of fused-ring (bicyclic) bond motifs is 1. The van der Waals surface area contributed by atoms with Crippen molar-refractivity contribution in [1.82, 2.24) is 14.5 Å². The maximum absolute atomic E-state index is 12.9. The van der Waals surface area contributed by atoms with Crippen molar-refractivity contribution in [2.45, 2.75) is 28.7 Å². The number of carbonyl (C=O) groups excluding carboxylic acids is 2. The Bertz CT molecular complexity index is 1540. The van der Waals surface area contributed by atoms with E-state index in [-0.39, 0.29) is 34.7 Å². The number of carbonyl (C=O) groups is 2. The smallest absolute Gasteiger partial charge is 0.269 e. The average molecular weight is 564 g/mol. The number of nitrogens with zero attached hydrogens (tertiary/aromatic N) is 1. The standard InChI is InChI=1S/C24H22ClN3O7S2/c25-18-11-7-16(8-12-18)17-9-13-19(14-10-17)36(32,33)27-21(23(29)26-31)5-3-15-28-24(30)20-4-1-2-6-22(20)37(28,34)35/h1-2,4,6-14,21,27,31H,3,5,15H2,(H,26,29)/t21-/m1/s1. The van der Waals surface area contributed by atoms with Crippen LogP contribution in [0.4, 0.5) is 0 Å². The van der Waals surface area contributed by atoms with Crippen LogP contribution in [0.2, 0.25) is 5.02 Å². The topological polar surface area (TPSA) is 150 Å². The van der Waals surface area contributed by atoms with Gasteiger partial charge in [0.05, 0.1) is 10.5 Å². The van der Waals surface area contributed by atoms with Crippen LogP contribution in [0.3, 0.4) is 0 Å². The lowest BCUT2D eigenvalue weighted by Gasteiger charge is -2.19. The third-order valence-electron chi connectivity index (χ3n) is 5.83. The van der Waals surface area contributed by atoms with Crippen molar-refractivity contribution < 1.29 is 31.6 Å². The summed E-state index contributed by atoms with van der Waals surface area (Å²) in [6.45, 7) is -0.275. The number of sulfonamides is 2. The van der Waals surface area contributed by atoms with E-state index in [0.717, 1.165) is 11.1 Å². The first kappa shape index (κ1) is 26.8. The van der Waals surface area contributed by atoms with Crippen LogP contribution < -0.4 is 10.2 Å². The minimum atomic E-state index is -4.19. The van der Waals surface area contributed by atoms with Gasteiger partial charge in [0.15, 0.2) is 0 Å². The molecule has 3 aromatic rings. The molecular weight excluding hydrogens is 542 g/mol. The fraction of sp³-hybridized carbons (Fsp3) is 0.167. The zero-order valence-corrected chi connectivity index (χ0v) is 21.6. The Hall–Kier alpha value is -3.29. The summed E-state index contributed by atoms with van der Waals surface area (Å²) in [7, 11) is -8.23. The van der Waals surface area contributed by atoms with E-state index < -0.39 is 37.9 Å². The molecule has 13 heteroatoms. The van der Waals surface area contributed by atoms with Crippen molar-refractivity contribution in [2.24, 2.45) is 0 Å². The first-order valence-electron chi connectivity index (χ1n) is 11.0. The second-order valence-electron chi connectivity index (χ2n) is 8.20. The van der Waals surface area contributed by atoms with Gasteiger partial charge < -0.3 is 0 Å². The molecule has 3 N–H and O–H groups in total. The molecular formula is C24H22ClN3O7S2. The van der Waals surface area contributed by atoms with Crippen molar-refractivity contribution in [2.75, 3.05) is 6.54 Å². The quantitative estimate of drug-likeness (QED) is 0.267. The van der Waals surface area contributed by atoms with E-state index in [1.165, 1.54) is 35.8 Å². The first-order chi connectivity index (χ1) is 17.5. The summed E-state index contributed by atoms with van der Waals surface area (Å²) in [4.78, 5) is 24.5. The maximum Gasteiger partial charge on any atom is 0.269 e. The number of benzene rings is 3. The second-order valence-corrected chi connectivity index (χ2v) is 12.2. The molecule has 0 radical (unpaired) electrons. The molecule has 0 saturated heterocycles. The highest BCUT2D eigenvalue weighted by molar-refractivity contribution is 7.90. The molecule has 0 spiro atoms. The number of halogens is 1. The first-order valence-corrected chi connectivity index (χ1v) is 14.3. The van der Waals surface area contributed by atoms with Gasteiger partial charge in [0.2, 0.25) is 10.0 Å². The second kappa shape index (κ2) is 10.6. The lowest BCUT2D eigenvalue weighted by Crippen LogP contribution is -2.46. The number of nitrogens with one attached hydrogen (secondary N) is 2. The molecule has 0 bridgehead atoms. The molecule has 4 rings (SSSR count). The highest BCUT2D eigenvalue weighted by Crippen LogP contribution is 2.30. The number of amides is 2. The van der Waals surface area contributed by atoms with Gasteiger partial charge in [-0.05, 0) is 60.4 Å². The molecule has 1 heterocycles. The summed E-state index contributed by atoms with van der Waals surface area (Å²) in [5.74, 6) is -1.72. The van der Waals surface area contributed by atoms with Gasteiger partial charge in [-0.15, -0.1) is 0 Å². The van der Waals surface area contributed by atoms with Gasteiger partial charge in [-0.25, -0.2) is 26.6 Å². The molecule has 3 aromatic carbocycles. The van der Waals surface area contributed by atoms with E-state index in [1.807, 2.05) is 0 Å². The third kappa shape index (κ3) is 5.53. The highest BCUT2D eigenvalue weighted by atomic mass is 35.5. The van der Waals surface area contributed by atoms with Crippen molar-refractivity contribution >= 4 is 43.5 Å². The summed E-state index contributed by atoms with van der Waals surface area (Å²) < 4.78 is 54.2. The molecule has 10 nitrogen and oxygen atoms in total. The predicted molar refractivity (Wildman–Crippen MR) is 135 cm³/mol. The summed E-state index contributed by atoms with van der Waals surface area (Å²) in [6.07, 6.45) is -0.237. The summed E-state index contributed by atoms with van der Waals surface area (Å²) in [5.41, 5.74) is 3.04. The Kier molecular flexibility index (Phi) is 7.67. The van der Waals surface area contributed by atoms with E-state index in [9.17, 15) is 26.4 Å². The van der Waals surface area contributed by atoms with Crippen LogP contribution in [-0.4, -0.2) is 50.7 Å². The number of hydrogen-bond donors (Lipinski definition) is 3. The number of hydroxylamine groups is 1. The molecule has 194 valence electrons. The SMILES string of the molecule is O=C(NO)[C@@H](CCCN1C(=O)c2ccccc2S1(=O)=O)NS(=O)(=O)c1ccc(-c2ccc(Cl)cc2)cc1. The monoisotopic (exact) mass is 563 g/mol. The van der Waals surface area contributed by atoms with E-state index in [4.69, 9.17) is 16.8 Å². The van der Waals surface area contributed by atoms with Gasteiger partial charge in [-0.1, -0.05) is 48.0 Å². The zero-order valence-electron chi connectivity index (χ0n) is 19.2. The number of rotatable bonds is 9. The van der Waals surface area contributed by atoms with Crippen molar-refractivity contribution in [3.05, 3.63) is 83.4 Å². The molecule has 1 aliphatic heterocycles. The van der Waals surface area contributed by atoms with Crippen LogP contribution in [0.5, 0.6) is 0 Å². The summed E-state index contributed by atoms with van der Waals surface area (Å²) in [5, 5.41) is 9.67. The number of hydrogen-bond acceptors (Lipinski definition) is 7. The van der Waals surface area contributed by atoms with Gasteiger partial charge >= 0.3 is 0 Å². The van der Waals surface area contributed by atoms with Gasteiger partial charge in [0.1, 0.15) is 10.9 Å². The van der Waals surface area contributed by atoms with Crippen LogP contribution in [0, 0.1) is 0 Å². The Labute approximate surface area is 218 Å². The maximum atomic E-state index is 12.9. The zero-order chi connectivity index (χ0) is 26.8. The lowest BCUT2D eigenvalue weighted by atomic mass is 10.1. The highest BCUT2D eigenvalue weighted by Gasteiger charge is 2.40. The lowest BCUT2D eigenvalue weighted by molar-refractivity contribution is -0.131. The molecule has 37 heavy (non-hydrogen) atoms. The normalized spacial score (nSPS) is 15.3. The van der Waals surface area contributed by atoms with Gasteiger partial charge in [-0.3, -0.25) is 14.8 Å². The molecule has 1 aliphatic rings. The molecule has 0 unspecified atom stereocenters. The molecule has 0 aliphatic carbocycles. The summed E-state index contributed by atoms with van der Waals surface area (Å²) >= 11 is 5.90. The van der Waals surface area contributed by atoms with Gasteiger partial charge in [-0.2, -0.15) is 4.72 Å². The third-order valence-corrected chi connectivity index (χ3v) is 9.41. The van der Waals surface area contributed by atoms with Crippen LogP contribution in [0.1, 0.15) is 23.2 Å². The largest absolute Gasteiger partial charge is 0.289 e. The van der Waals surface area contributed by atoms with Crippen molar-refractivity contribution in [3.8, 4) is 11.1 Å². The van der Waals surface area contributed by atoms with Crippen LogP contribution in [0.15, 0.2) is 82.6 Å². The molecule has 0 fully saturated rings. The molecule has 1 atom stereocenters. The average Bonchev–Trinajstić information content (AvgIpc) is 3.08.